The van der Waals surface area contributed by atoms with Gasteiger partial charge in [0, 0.05) is 18.5 Å². The third-order valence-electron chi connectivity index (χ3n) is 3.74. The van der Waals surface area contributed by atoms with Crippen LogP contribution >= 0.6 is 0 Å². The first-order chi connectivity index (χ1) is 9.16. The van der Waals surface area contributed by atoms with E-state index in [1.165, 1.54) is 4.90 Å². The van der Waals surface area contributed by atoms with Gasteiger partial charge in [0.2, 0.25) is 0 Å². The zero-order valence-corrected chi connectivity index (χ0v) is 10.5. The molecule has 0 saturated carbocycles. The van der Waals surface area contributed by atoms with E-state index < -0.39 is 12.0 Å². The number of ether oxygens (including phenoxy) is 1. The van der Waals surface area contributed by atoms with Crippen LogP contribution in [0.5, 0.6) is 5.75 Å². The van der Waals surface area contributed by atoms with Crippen LogP contribution in [-0.2, 0) is 11.2 Å². The van der Waals surface area contributed by atoms with Crippen molar-refractivity contribution in [2.75, 3.05) is 13.2 Å². The summed E-state index contributed by atoms with van der Waals surface area (Å²) in [4.78, 5) is 25.0. The molecule has 0 aliphatic carbocycles. The van der Waals surface area contributed by atoms with Crippen LogP contribution in [0.25, 0.3) is 0 Å². The van der Waals surface area contributed by atoms with Crippen LogP contribution in [0.4, 0.5) is 0 Å². The third kappa shape index (κ3) is 2.05. The largest absolute Gasteiger partial charge is 0.493 e. The quantitative estimate of drug-likeness (QED) is 0.871. The van der Waals surface area contributed by atoms with Crippen molar-refractivity contribution in [2.45, 2.75) is 25.3 Å². The van der Waals surface area contributed by atoms with Crippen molar-refractivity contribution >= 4 is 11.9 Å². The Hall–Kier alpha value is -2.04. The van der Waals surface area contributed by atoms with Crippen molar-refractivity contribution in [3.8, 4) is 5.75 Å². The fourth-order valence-electron chi connectivity index (χ4n) is 2.75. The molecule has 0 spiro atoms. The van der Waals surface area contributed by atoms with Gasteiger partial charge in [0.25, 0.3) is 5.91 Å². The van der Waals surface area contributed by atoms with Gasteiger partial charge < -0.3 is 14.7 Å². The van der Waals surface area contributed by atoms with E-state index in [1.54, 1.807) is 12.1 Å². The zero-order valence-electron chi connectivity index (χ0n) is 10.5. The molecular weight excluding hydrogens is 246 g/mol. The molecule has 1 aromatic carbocycles. The molecule has 5 heteroatoms. The summed E-state index contributed by atoms with van der Waals surface area (Å²) >= 11 is 0. The summed E-state index contributed by atoms with van der Waals surface area (Å²) in [6.45, 7) is 1.16. The molecular formula is C14H15NO4. The van der Waals surface area contributed by atoms with Crippen molar-refractivity contribution in [3.05, 3.63) is 29.3 Å². The minimum Gasteiger partial charge on any atom is -0.493 e. The Morgan fingerprint density at radius 3 is 3.00 bits per heavy atom. The zero-order chi connectivity index (χ0) is 13.4. The predicted octanol–water partition coefficient (Wildman–Crippen LogP) is 1.31. The molecule has 1 N–H and O–H groups in total. The van der Waals surface area contributed by atoms with Crippen LogP contribution in [-0.4, -0.2) is 41.1 Å². The molecule has 1 aromatic rings. The molecule has 100 valence electrons. The van der Waals surface area contributed by atoms with Crippen molar-refractivity contribution < 1.29 is 19.4 Å². The SMILES string of the molecule is O=C(O)[C@H]1CCCN1C(=O)c1ccc2c(c1)CCO2. The number of carboxylic acids is 1. The minimum absolute atomic E-state index is 0.195. The van der Waals surface area contributed by atoms with Gasteiger partial charge >= 0.3 is 5.97 Å². The number of benzene rings is 1. The van der Waals surface area contributed by atoms with Crippen molar-refractivity contribution in [1.29, 1.82) is 0 Å². The van der Waals surface area contributed by atoms with Gasteiger partial charge in [-0.25, -0.2) is 4.79 Å². The van der Waals surface area contributed by atoms with E-state index in [0.29, 0.717) is 25.1 Å². The van der Waals surface area contributed by atoms with Gasteiger partial charge in [-0.05, 0) is 36.6 Å². The Kier molecular flexibility index (Phi) is 2.89. The lowest BCUT2D eigenvalue weighted by atomic mass is 10.1. The summed E-state index contributed by atoms with van der Waals surface area (Å²) in [6.07, 6.45) is 2.09. The number of rotatable bonds is 2. The lowest BCUT2D eigenvalue weighted by molar-refractivity contribution is -0.141. The predicted molar refractivity (Wildman–Crippen MR) is 67.3 cm³/mol. The molecule has 0 unspecified atom stereocenters. The van der Waals surface area contributed by atoms with Gasteiger partial charge in [-0.15, -0.1) is 0 Å². The first-order valence-corrected chi connectivity index (χ1v) is 6.46. The number of likely N-dealkylation sites (tertiary alicyclic amines) is 1. The Labute approximate surface area is 110 Å². The van der Waals surface area contributed by atoms with Crippen molar-refractivity contribution in [2.24, 2.45) is 0 Å². The Bertz CT molecular complexity index is 540. The number of fused-ring (bicyclic) bond motifs is 1. The van der Waals surface area contributed by atoms with Gasteiger partial charge in [-0.2, -0.15) is 0 Å². The third-order valence-corrected chi connectivity index (χ3v) is 3.74. The average molecular weight is 261 g/mol. The molecule has 2 heterocycles. The molecule has 0 radical (unpaired) electrons. The normalized spacial score (nSPS) is 21.1. The number of hydrogen-bond acceptors (Lipinski definition) is 3. The Morgan fingerprint density at radius 1 is 1.37 bits per heavy atom. The van der Waals surface area contributed by atoms with E-state index in [4.69, 9.17) is 9.84 Å². The Balaban J connectivity index is 1.85. The summed E-state index contributed by atoms with van der Waals surface area (Å²) < 4.78 is 5.40. The number of amides is 1. The first-order valence-electron chi connectivity index (χ1n) is 6.46. The van der Waals surface area contributed by atoms with Gasteiger partial charge in [-0.1, -0.05) is 0 Å². The van der Waals surface area contributed by atoms with E-state index in [2.05, 4.69) is 0 Å². The highest BCUT2D eigenvalue weighted by molar-refractivity contribution is 5.97. The maximum Gasteiger partial charge on any atom is 0.326 e. The molecule has 1 amide bonds. The number of carbonyl (C=O) groups is 2. The number of nitrogens with zero attached hydrogens (tertiary/aromatic N) is 1. The van der Waals surface area contributed by atoms with Gasteiger partial charge in [0.1, 0.15) is 11.8 Å². The van der Waals surface area contributed by atoms with Crippen LogP contribution in [0.2, 0.25) is 0 Å². The second-order valence-electron chi connectivity index (χ2n) is 4.92. The summed E-state index contributed by atoms with van der Waals surface area (Å²) in [5.74, 6) is -0.289. The van der Waals surface area contributed by atoms with Crippen LogP contribution in [0.3, 0.4) is 0 Å². The fraction of sp³-hybridized carbons (Fsp3) is 0.429. The van der Waals surface area contributed by atoms with Gasteiger partial charge in [-0.3, -0.25) is 4.79 Å². The standard InChI is InChI=1S/C14H15NO4/c16-13(15-6-1-2-11(15)14(17)18)10-3-4-12-9(8-10)5-7-19-12/h3-4,8,11H,1-2,5-7H2,(H,17,18)/t11-/m1/s1. The van der Waals surface area contributed by atoms with Gasteiger partial charge in [0.05, 0.1) is 6.61 Å². The van der Waals surface area contributed by atoms with E-state index in [0.717, 1.165) is 24.2 Å². The fourth-order valence-corrected chi connectivity index (χ4v) is 2.75. The molecule has 1 fully saturated rings. The van der Waals surface area contributed by atoms with E-state index in [1.807, 2.05) is 6.07 Å². The van der Waals surface area contributed by atoms with Crippen LogP contribution in [0.15, 0.2) is 18.2 Å². The molecule has 0 bridgehead atoms. The first kappa shape index (κ1) is 12.0. The highest BCUT2D eigenvalue weighted by Crippen LogP contribution is 2.27. The second kappa shape index (κ2) is 4.57. The molecule has 1 saturated heterocycles. The highest BCUT2D eigenvalue weighted by atomic mass is 16.5. The molecule has 5 nitrogen and oxygen atoms in total. The van der Waals surface area contributed by atoms with E-state index in [9.17, 15) is 9.59 Å². The van der Waals surface area contributed by atoms with E-state index >= 15 is 0 Å². The number of hydrogen-bond donors (Lipinski definition) is 1. The summed E-state index contributed by atoms with van der Waals surface area (Å²) in [6, 6.07) is 4.64. The summed E-state index contributed by atoms with van der Waals surface area (Å²) in [7, 11) is 0. The molecule has 2 aliphatic rings. The lowest BCUT2D eigenvalue weighted by Crippen LogP contribution is -2.40. The molecule has 19 heavy (non-hydrogen) atoms. The highest BCUT2D eigenvalue weighted by Gasteiger charge is 2.34. The topological polar surface area (TPSA) is 66.8 Å². The summed E-state index contributed by atoms with van der Waals surface area (Å²) in [5, 5.41) is 9.12. The molecule has 0 aromatic heterocycles. The Morgan fingerprint density at radius 2 is 2.21 bits per heavy atom. The van der Waals surface area contributed by atoms with Crippen LogP contribution in [0.1, 0.15) is 28.8 Å². The number of carbonyl (C=O) groups excluding carboxylic acids is 1. The van der Waals surface area contributed by atoms with Crippen LogP contribution in [0, 0.1) is 0 Å². The number of aliphatic carboxylic acids is 1. The summed E-state index contributed by atoms with van der Waals surface area (Å²) in [5.41, 5.74) is 1.58. The monoisotopic (exact) mass is 261 g/mol. The van der Waals surface area contributed by atoms with Crippen molar-refractivity contribution in [3.63, 3.8) is 0 Å². The maximum atomic E-state index is 12.4. The average Bonchev–Trinajstić information content (AvgIpc) is 3.05. The van der Waals surface area contributed by atoms with E-state index in [-0.39, 0.29) is 5.91 Å². The van der Waals surface area contributed by atoms with Crippen LogP contribution < -0.4 is 4.74 Å². The number of carboxylic acid groups (broad SMARTS) is 1. The van der Waals surface area contributed by atoms with Gasteiger partial charge in [0.15, 0.2) is 0 Å². The van der Waals surface area contributed by atoms with Crippen molar-refractivity contribution in [1.82, 2.24) is 4.90 Å². The molecule has 3 rings (SSSR count). The second-order valence-corrected chi connectivity index (χ2v) is 4.92. The molecule has 2 aliphatic heterocycles. The smallest absolute Gasteiger partial charge is 0.326 e. The lowest BCUT2D eigenvalue weighted by Gasteiger charge is -2.21. The maximum absolute atomic E-state index is 12.4. The minimum atomic E-state index is -0.921. The molecule has 1 atom stereocenters.